The minimum atomic E-state index is 0.0893. The van der Waals surface area contributed by atoms with Gasteiger partial charge in [0.25, 0.3) is 0 Å². The van der Waals surface area contributed by atoms with E-state index in [1.54, 1.807) is 18.9 Å². The molecule has 0 aliphatic rings. The number of ether oxygens (including phenoxy) is 1. The molecule has 0 unspecified atom stereocenters. The quantitative estimate of drug-likeness (QED) is 0.645. The van der Waals surface area contributed by atoms with Gasteiger partial charge in [0.15, 0.2) is 0 Å². The molecule has 0 atom stereocenters. The highest BCUT2D eigenvalue weighted by molar-refractivity contribution is 9.10. The van der Waals surface area contributed by atoms with Gasteiger partial charge in [-0.05, 0) is 30.2 Å². The third-order valence-electron chi connectivity index (χ3n) is 1.94. The highest BCUT2D eigenvalue weighted by atomic mass is 79.9. The van der Waals surface area contributed by atoms with Gasteiger partial charge in [0.05, 0.1) is 6.61 Å². The summed E-state index contributed by atoms with van der Waals surface area (Å²) in [5.41, 5.74) is 0.979. The molecule has 0 aromatic heterocycles. The Morgan fingerprint density at radius 2 is 2.27 bits per heavy atom. The predicted molar refractivity (Wildman–Crippen MR) is 67.3 cm³/mol. The van der Waals surface area contributed by atoms with Crippen molar-refractivity contribution in [3.8, 4) is 0 Å². The van der Waals surface area contributed by atoms with Gasteiger partial charge in [-0.2, -0.15) is 0 Å². The molecule has 0 aliphatic heterocycles. The minimum absolute atomic E-state index is 0.0893. The van der Waals surface area contributed by atoms with Crippen LogP contribution in [-0.2, 0) is 11.3 Å². The van der Waals surface area contributed by atoms with Gasteiger partial charge in [-0.3, -0.25) is 0 Å². The molecule has 2 nitrogen and oxygen atoms in total. The Kier molecular flexibility index (Phi) is 6.32. The van der Waals surface area contributed by atoms with Crippen LogP contribution in [0.3, 0.4) is 0 Å². The third-order valence-corrected chi connectivity index (χ3v) is 3.64. The molecular formula is C11H15BrO2S. The molecule has 0 bridgehead atoms. The Morgan fingerprint density at radius 3 is 2.93 bits per heavy atom. The maximum atomic E-state index is 9.19. The molecule has 15 heavy (non-hydrogen) atoms. The number of aliphatic hydroxyl groups excluding tert-OH is 1. The number of rotatable bonds is 6. The fraction of sp³-hybridized carbons (Fsp3) is 0.455. The van der Waals surface area contributed by atoms with Crippen LogP contribution in [0.4, 0.5) is 0 Å². The first-order valence-electron chi connectivity index (χ1n) is 4.79. The van der Waals surface area contributed by atoms with Crippen molar-refractivity contribution in [2.75, 3.05) is 19.5 Å². The summed E-state index contributed by atoms with van der Waals surface area (Å²) in [6.45, 7) is 0.879. The number of halogens is 1. The minimum Gasteiger partial charge on any atom is -0.392 e. The van der Waals surface area contributed by atoms with Crippen molar-refractivity contribution in [1.82, 2.24) is 0 Å². The van der Waals surface area contributed by atoms with E-state index in [1.165, 1.54) is 0 Å². The summed E-state index contributed by atoms with van der Waals surface area (Å²) in [7, 11) is 1.71. The van der Waals surface area contributed by atoms with Crippen molar-refractivity contribution in [2.45, 2.75) is 17.9 Å². The summed E-state index contributed by atoms with van der Waals surface area (Å²) in [5.74, 6) is 1.02. The van der Waals surface area contributed by atoms with E-state index < -0.39 is 0 Å². The third kappa shape index (κ3) is 4.55. The first-order chi connectivity index (χ1) is 7.27. The van der Waals surface area contributed by atoms with Crippen molar-refractivity contribution < 1.29 is 9.84 Å². The van der Waals surface area contributed by atoms with E-state index in [-0.39, 0.29) is 6.61 Å². The number of aliphatic hydroxyl groups is 1. The van der Waals surface area contributed by atoms with Crippen molar-refractivity contribution in [3.05, 3.63) is 28.2 Å². The molecule has 1 rings (SSSR count). The monoisotopic (exact) mass is 290 g/mol. The number of hydrogen-bond donors (Lipinski definition) is 1. The first-order valence-corrected chi connectivity index (χ1v) is 6.57. The molecular weight excluding hydrogens is 276 g/mol. The lowest BCUT2D eigenvalue weighted by Gasteiger charge is -2.07. The lowest BCUT2D eigenvalue weighted by molar-refractivity contribution is 0.200. The van der Waals surface area contributed by atoms with Crippen LogP contribution in [0.2, 0.25) is 0 Å². The van der Waals surface area contributed by atoms with Crippen LogP contribution in [0.15, 0.2) is 27.6 Å². The Hall–Kier alpha value is -0.0300. The lowest BCUT2D eigenvalue weighted by atomic mass is 10.2. The molecule has 1 aromatic carbocycles. The van der Waals surface area contributed by atoms with E-state index in [0.717, 1.165) is 33.7 Å². The van der Waals surface area contributed by atoms with E-state index in [0.29, 0.717) is 0 Å². The molecule has 1 aromatic rings. The molecule has 0 saturated heterocycles. The summed E-state index contributed by atoms with van der Waals surface area (Å²) in [6.07, 6.45) is 1.03. The van der Waals surface area contributed by atoms with E-state index in [1.807, 2.05) is 18.2 Å². The molecule has 0 saturated carbocycles. The summed E-state index contributed by atoms with van der Waals surface area (Å²) < 4.78 is 5.99. The Morgan fingerprint density at radius 1 is 1.47 bits per heavy atom. The molecule has 0 fully saturated rings. The number of hydrogen-bond acceptors (Lipinski definition) is 3. The topological polar surface area (TPSA) is 29.5 Å². The van der Waals surface area contributed by atoms with Crippen LogP contribution in [0.5, 0.6) is 0 Å². The van der Waals surface area contributed by atoms with E-state index in [4.69, 9.17) is 4.74 Å². The maximum Gasteiger partial charge on any atom is 0.0693 e. The number of benzene rings is 1. The Balaban J connectivity index is 2.52. The highest BCUT2D eigenvalue weighted by Crippen LogP contribution is 2.26. The van der Waals surface area contributed by atoms with Crippen LogP contribution in [-0.4, -0.2) is 24.6 Å². The van der Waals surface area contributed by atoms with Gasteiger partial charge in [0, 0.05) is 28.8 Å². The number of thioether (sulfide) groups is 1. The van der Waals surface area contributed by atoms with Gasteiger partial charge < -0.3 is 9.84 Å². The van der Waals surface area contributed by atoms with Crippen LogP contribution in [0.1, 0.15) is 12.0 Å². The largest absolute Gasteiger partial charge is 0.392 e. The molecule has 0 spiro atoms. The Bertz CT molecular complexity index is 305. The van der Waals surface area contributed by atoms with Crippen molar-refractivity contribution in [1.29, 1.82) is 0 Å². The second kappa shape index (κ2) is 7.28. The molecule has 0 aliphatic carbocycles. The van der Waals surface area contributed by atoms with Crippen LogP contribution >= 0.6 is 27.7 Å². The van der Waals surface area contributed by atoms with Gasteiger partial charge in [-0.1, -0.05) is 15.9 Å². The zero-order chi connectivity index (χ0) is 11.1. The standard InChI is InChI=1S/C11H15BrO2S/c1-14-5-2-6-15-11-4-3-10(12)7-9(11)8-13/h3-4,7,13H,2,5-6,8H2,1H3. The summed E-state index contributed by atoms with van der Waals surface area (Å²) >= 11 is 5.15. The highest BCUT2D eigenvalue weighted by Gasteiger charge is 2.02. The van der Waals surface area contributed by atoms with E-state index >= 15 is 0 Å². The van der Waals surface area contributed by atoms with Gasteiger partial charge >= 0.3 is 0 Å². The molecule has 84 valence electrons. The predicted octanol–water partition coefficient (Wildman–Crippen LogP) is 3.07. The molecule has 0 radical (unpaired) electrons. The molecule has 4 heteroatoms. The fourth-order valence-corrected chi connectivity index (χ4v) is 2.56. The van der Waals surface area contributed by atoms with Gasteiger partial charge in [-0.25, -0.2) is 0 Å². The average molecular weight is 291 g/mol. The second-order valence-corrected chi connectivity index (χ2v) is 5.16. The summed E-state index contributed by atoms with van der Waals surface area (Å²) in [6, 6.07) is 5.99. The van der Waals surface area contributed by atoms with Gasteiger partial charge in [0.2, 0.25) is 0 Å². The first kappa shape index (κ1) is 13.0. The smallest absolute Gasteiger partial charge is 0.0693 e. The van der Waals surface area contributed by atoms with E-state index in [2.05, 4.69) is 15.9 Å². The van der Waals surface area contributed by atoms with Crippen LogP contribution < -0.4 is 0 Å². The fourth-order valence-electron chi connectivity index (χ4n) is 1.20. The molecule has 1 N–H and O–H groups in total. The lowest BCUT2D eigenvalue weighted by Crippen LogP contribution is -1.92. The van der Waals surface area contributed by atoms with E-state index in [9.17, 15) is 5.11 Å². The molecule has 0 heterocycles. The van der Waals surface area contributed by atoms with Gasteiger partial charge in [-0.15, -0.1) is 11.8 Å². The normalized spacial score (nSPS) is 10.6. The maximum absolute atomic E-state index is 9.19. The average Bonchev–Trinajstić information content (AvgIpc) is 2.26. The van der Waals surface area contributed by atoms with Crippen molar-refractivity contribution in [2.24, 2.45) is 0 Å². The summed E-state index contributed by atoms with van der Waals surface area (Å²) in [5, 5.41) is 9.19. The SMILES string of the molecule is COCCCSc1ccc(Br)cc1CO. The molecule has 0 amide bonds. The summed E-state index contributed by atoms with van der Waals surface area (Å²) in [4.78, 5) is 1.15. The zero-order valence-corrected chi connectivity index (χ0v) is 11.1. The second-order valence-electron chi connectivity index (χ2n) is 3.10. The Labute approximate surface area is 103 Å². The number of methoxy groups -OCH3 is 1. The van der Waals surface area contributed by atoms with Crippen LogP contribution in [0.25, 0.3) is 0 Å². The van der Waals surface area contributed by atoms with Crippen molar-refractivity contribution >= 4 is 27.7 Å². The zero-order valence-electron chi connectivity index (χ0n) is 8.70. The van der Waals surface area contributed by atoms with Crippen LogP contribution in [0, 0.1) is 0 Å². The van der Waals surface area contributed by atoms with Gasteiger partial charge in [0.1, 0.15) is 0 Å². The van der Waals surface area contributed by atoms with Crippen molar-refractivity contribution in [3.63, 3.8) is 0 Å².